The molecule has 4 rings (SSSR count). The van der Waals surface area contributed by atoms with Crippen LogP contribution in [0.25, 0.3) is 5.57 Å². The quantitative estimate of drug-likeness (QED) is 0.599. The molecule has 0 saturated carbocycles. The summed E-state index contributed by atoms with van der Waals surface area (Å²) in [6, 6.07) is 13.1. The van der Waals surface area contributed by atoms with Crippen molar-refractivity contribution in [3.8, 4) is 0 Å². The highest BCUT2D eigenvalue weighted by molar-refractivity contribution is 6.33. The topological polar surface area (TPSA) is 101 Å². The Balaban J connectivity index is 2.00. The Morgan fingerprint density at radius 1 is 1.12 bits per heavy atom. The molecule has 11 heteroatoms. The normalized spacial score (nSPS) is 20.6. The largest absolute Gasteiger partial charge is 0.416 e. The van der Waals surface area contributed by atoms with Gasteiger partial charge in [-0.15, -0.1) is 10.2 Å². The number of nitrogens with one attached hydrogen (secondary N) is 1. The molecule has 2 aromatic carbocycles. The molecule has 164 valence electrons. The number of hydrogen-bond donors (Lipinski definition) is 2. The van der Waals surface area contributed by atoms with E-state index in [4.69, 9.17) is 17.3 Å². The molecule has 0 fully saturated rings. The molecule has 0 saturated heterocycles. The van der Waals surface area contributed by atoms with E-state index in [1.54, 1.807) is 30.3 Å². The molecular formula is C21H16ClF3N6O. The zero-order valence-electron chi connectivity index (χ0n) is 16.3. The van der Waals surface area contributed by atoms with Crippen LogP contribution in [0.1, 0.15) is 17.3 Å². The third kappa shape index (κ3) is 3.52. The predicted octanol–water partition coefficient (Wildman–Crippen LogP) is 4.48. The van der Waals surface area contributed by atoms with Gasteiger partial charge in [0.1, 0.15) is 0 Å². The molecule has 1 heterocycles. The monoisotopic (exact) mass is 460 g/mol. The number of para-hydroxylation sites is 1. The lowest BCUT2D eigenvalue weighted by Gasteiger charge is -2.46. The Hall–Kier alpha value is -3.66. The number of nitrogens with two attached hydrogens (primary N) is 1. The molecule has 1 aromatic heterocycles. The van der Waals surface area contributed by atoms with Crippen molar-refractivity contribution in [2.24, 2.45) is 5.73 Å². The van der Waals surface area contributed by atoms with E-state index < -0.39 is 23.7 Å². The van der Waals surface area contributed by atoms with Gasteiger partial charge in [0.2, 0.25) is 0 Å². The van der Waals surface area contributed by atoms with Gasteiger partial charge >= 0.3 is 12.2 Å². The van der Waals surface area contributed by atoms with E-state index in [0.29, 0.717) is 16.0 Å². The maximum atomic E-state index is 14.9. The summed E-state index contributed by atoms with van der Waals surface area (Å²) >= 11 is 6.19. The first-order valence-corrected chi connectivity index (χ1v) is 9.74. The van der Waals surface area contributed by atoms with Crippen LogP contribution in [0.4, 0.5) is 23.7 Å². The van der Waals surface area contributed by atoms with Gasteiger partial charge in [0.15, 0.2) is 11.4 Å². The van der Waals surface area contributed by atoms with Gasteiger partial charge in [-0.05, 0) is 29.3 Å². The number of benzene rings is 2. The molecule has 1 aliphatic rings. The summed E-state index contributed by atoms with van der Waals surface area (Å²) in [4.78, 5) is 13.0. The number of H-pyrrole nitrogens is 1. The van der Waals surface area contributed by atoms with Crippen molar-refractivity contribution in [3.05, 3.63) is 89.2 Å². The summed E-state index contributed by atoms with van der Waals surface area (Å²) in [5, 5.41) is 13.1. The second-order valence-corrected chi connectivity index (χ2v) is 7.42. The van der Waals surface area contributed by atoms with Crippen LogP contribution >= 0.6 is 11.6 Å². The van der Waals surface area contributed by atoms with Gasteiger partial charge in [-0.3, -0.25) is 4.90 Å². The zero-order valence-corrected chi connectivity index (χ0v) is 17.0. The molecule has 3 N–H and O–H groups in total. The van der Waals surface area contributed by atoms with E-state index in [2.05, 4.69) is 20.6 Å². The number of aromatic amines is 1. The lowest BCUT2D eigenvalue weighted by atomic mass is 9.74. The Labute approximate surface area is 185 Å². The van der Waals surface area contributed by atoms with Crippen LogP contribution in [0.5, 0.6) is 0 Å². The van der Waals surface area contributed by atoms with Gasteiger partial charge in [-0.1, -0.05) is 71.4 Å². The highest BCUT2D eigenvalue weighted by Crippen LogP contribution is 2.52. The van der Waals surface area contributed by atoms with Gasteiger partial charge in [-0.2, -0.15) is 18.4 Å². The molecule has 1 aliphatic carbocycles. The van der Waals surface area contributed by atoms with Crippen LogP contribution in [0.3, 0.4) is 0 Å². The van der Waals surface area contributed by atoms with Crippen molar-refractivity contribution < 1.29 is 18.0 Å². The summed E-state index contributed by atoms with van der Waals surface area (Å²) in [6.45, 7) is 0. The number of tetrazole rings is 1. The fraction of sp³-hybridized carbons (Fsp3) is 0.143. The number of allylic oxidation sites excluding steroid dienone is 2. The summed E-state index contributed by atoms with van der Waals surface area (Å²) in [6.07, 6.45) is -1.46. The van der Waals surface area contributed by atoms with Gasteiger partial charge < -0.3 is 5.73 Å². The molecule has 0 radical (unpaired) electrons. The summed E-state index contributed by atoms with van der Waals surface area (Å²) in [5.41, 5.74) is 3.52. The first-order valence-electron chi connectivity index (χ1n) is 9.36. The van der Waals surface area contributed by atoms with Crippen LogP contribution < -0.4 is 10.6 Å². The highest BCUT2D eigenvalue weighted by Gasteiger charge is 2.65. The maximum Gasteiger partial charge on any atom is 0.416 e. The van der Waals surface area contributed by atoms with Gasteiger partial charge in [0, 0.05) is 0 Å². The van der Waals surface area contributed by atoms with Crippen molar-refractivity contribution in [2.45, 2.75) is 17.6 Å². The molecule has 0 aliphatic heterocycles. The minimum atomic E-state index is -5.00. The third-order valence-corrected chi connectivity index (χ3v) is 5.54. The maximum absolute atomic E-state index is 14.9. The van der Waals surface area contributed by atoms with Crippen molar-refractivity contribution >= 4 is 28.9 Å². The number of urea groups is 1. The number of aromatic nitrogens is 4. The average Bonchev–Trinajstić information content (AvgIpc) is 3.30. The molecule has 3 aromatic rings. The molecule has 0 bridgehead atoms. The van der Waals surface area contributed by atoms with E-state index in [9.17, 15) is 18.0 Å². The number of alkyl halides is 3. The van der Waals surface area contributed by atoms with E-state index in [1.807, 2.05) is 0 Å². The Morgan fingerprint density at radius 3 is 2.41 bits per heavy atom. The number of nitrogens with zero attached hydrogens (tertiary/aromatic N) is 4. The first-order chi connectivity index (χ1) is 15.3. The third-order valence-electron chi connectivity index (χ3n) is 5.22. The number of carbonyl (C=O) groups excluding carboxylic acids is 1. The van der Waals surface area contributed by atoms with Crippen LogP contribution in [-0.2, 0) is 0 Å². The lowest BCUT2D eigenvalue weighted by molar-refractivity contribution is -0.174. The predicted molar refractivity (Wildman–Crippen MR) is 113 cm³/mol. The average molecular weight is 461 g/mol. The standard InChI is InChI=1S/C21H16ClF3N6O/c22-16-8-4-5-9-17(16)31(19(26)32)20(21(23,24)25)11-10-14(13-6-2-1-3-7-13)12-15(20)18-27-29-30-28-18/h1-12,15H,(H2,26,32)(H,27,28,29,30). The van der Waals surface area contributed by atoms with Crippen LogP contribution in [0, 0.1) is 0 Å². The second-order valence-electron chi connectivity index (χ2n) is 7.02. The number of anilines is 1. The number of primary amides is 1. The van der Waals surface area contributed by atoms with Crippen molar-refractivity contribution in [3.63, 3.8) is 0 Å². The smallest absolute Gasteiger partial charge is 0.351 e. The van der Waals surface area contributed by atoms with E-state index >= 15 is 0 Å². The Bertz CT molecular complexity index is 1180. The molecular weight excluding hydrogens is 445 g/mol. The minimum absolute atomic E-state index is 0.0759. The van der Waals surface area contributed by atoms with Crippen LogP contribution in [0.15, 0.2) is 72.8 Å². The lowest BCUT2D eigenvalue weighted by Crippen LogP contribution is -2.65. The summed E-state index contributed by atoms with van der Waals surface area (Å²) < 4.78 is 44.8. The van der Waals surface area contributed by atoms with Crippen molar-refractivity contribution in [2.75, 3.05) is 4.90 Å². The Kier molecular flexibility index (Phi) is 5.47. The van der Waals surface area contributed by atoms with Crippen LogP contribution in [-0.4, -0.2) is 38.4 Å². The molecule has 0 spiro atoms. The zero-order chi connectivity index (χ0) is 22.9. The number of hydrogen-bond acceptors (Lipinski definition) is 4. The molecule has 7 nitrogen and oxygen atoms in total. The molecule has 2 unspecified atom stereocenters. The number of amides is 2. The van der Waals surface area contributed by atoms with Gasteiger partial charge in [0.25, 0.3) is 0 Å². The molecule has 32 heavy (non-hydrogen) atoms. The minimum Gasteiger partial charge on any atom is -0.351 e. The second kappa shape index (κ2) is 8.12. The number of carbonyl (C=O) groups is 1. The van der Waals surface area contributed by atoms with Gasteiger partial charge in [0.05, 0.1) is 16.6 Å². The molecule has 2 amide bonds. The highest BCUT2D eigenvalue weighted by atomic mass is 35.5. The Morgan fingerprint density at radius 2 is 1.81 bits per heavy atom. The first kappa shape index (κ1) is 21.6. The van der Waals surface area contributed by atoms with E-state index in [1.165, 1.54) is 36.4 Å². The van der Waals surface area contributed by atoms with E-state index in [0.717, 1.165) is 6.08 Å². The van der Waals surface area contributed by atoms with E-state index in [-0.39, 0.29) is 16.5 Å². The van der Waals surface area contributed by atoms with Gasteiger partial charge in [-0.25, -0.2) is 4.79 Å². The number of rotatable bonds is 4. The molecule has 2 atom stereocenters. The summed E-state index contributed by atoms with van der Waals surface area (Å²) in [5.74, 6) is -1.84. The fourth-order valence-corrected chi connectivity index (χ4v) is 4.04. The van der Waals surface area contributed by atoms with Crippen molar-refractivity contribution in [1.82, 2.24) is 20.6 Å². The SMILES string of the molecule is NC(=O)N(c1ccccc1Cl)C1(C(F)(F)F)C=CC(c2ccccc2)=CC1c1nn[nH]n1. The fourth-order valence-electron chi connectivity index (χ4n) is 3.82. The van der Waals surface area contributed by atoms with Crippen molar-refractivity contribution in [1.29, 1.82) is 0 Å². The summed E-state index contributed by atoms with van der Waals surface area (Å²) in [7, 11) is 0. The van der Waals surface area contributed by atoms with Crippen LogP contribution in [0.2, 0.25) is 5.02 Å². The number of halogens is 4.